The molecule has 0 aliphatic heterocycles. The van der Waals surface area contributed by atoms with Crippen LogP contribution in [-0.4, -0.2) is 16.0 Å². The number of hydrogen-bond acceptors (Lipinski definition) is 3. The summed E-state index contributed by atoms with van der Waals surface area (Å²) in [6, 6.07) is 0. The average Bonchev–Trinajstić information content (AvgIpc) is 2.33. The SMILES string of the molecule is C=C(C)C(=O)c1c(C)c(F)c(CO)c(CO)c1C. The lowest BCUT2D eigenvalue weighted by Crippen LogP contribution is -2.13. The molecule has 0 atom stereocenters. The normalized spacial score (nSPS) is 10.6. The molecular formula is C14H17FO3. The molecule has 0 radical (unpaired) electrons. The highest BCUT2D eigenvalue weighted by molar-refractivity contribution is 6.10. The number of Topliss-reactive ketones (excluding diaryl/α,β-unsaturated/α-hetero) is 1. The Kier molecular flexibility index (Phi) is 4.38. The van der Waals surface area contributed by atoms with Crippen LogP contribution in [0.3, 0.4) is 0 Å². The first-order valence-electron chi connectivity index (χ1n) is 5.59. The molecule has 0 saturated carbocycles. The van der Waals surface area contributed by atoms with Gasteiger partial charge in [0.05, 0.1) is 13.2 Å². The van der Waals surface area contributed by atoms with Crippen LogP contribution >= 0.6 is 0 Å². The van der Waals surface area contributed by atoms with Gasteiger partial charge in [-0.25, -0.2) is 4.39 Å². The highest BCUT2D eigenvalue weighted by Crippen LogP contribution is 2.28. The van der Waals surface area contributed by atoms with Gasteiger partial charge >= 0.3 is 0 Å². The predicted molar refractivity (Wildman–Crippen MR) is 66.9 cm³/mol. The maximum atomic E-state index is 14.1. The summed E-state index contributed by atoms with van der Waals surface area (Å²) in [6.07, 6.45) is 0. The molecule has 1 aromatic carbocycles. The molecule has 4 heteroatoms. The van der Waals surface area contributed by atoms with Crippen molar-refractivity contribution in [3.63, 3.8) is 0 Å². The fourth-order valence-electron chi connectivity index (χ4n) is 2.06. The van der Waals surface area contributed by atoms with E-state index in [2.05, 4.69) is 6.58 Å². The molecule has 0 spiro atoms. The summed E-state index contributed by atoms with van der Waals surface area (Å²) in [4.78, 5) is 12.0. The largest absolute Gasteiger partial charge is 0.392 e. The molecule has 0 bridgehead atoms. The fourth-order valence-corrected chi connectivity index (χ4v) is 2.06. The Bertz CT molecular complexity index is 519. The minimum atomic E-state index is -0.642. The van der Waals surface area contributed by atoms with Gasteiger partial charge in [-0.2, -0.15) is 0 Å². The molecule has 0 amide bonds. The number of aliphatic hydroxyl groups is 2. The molecule has 1 rings (SSSR count). The molecule has 1 aromatic rings. The Morgan fingerprint density at radius 2 is 1.67 bits per heavy atom. The van der Waals surface area contributed by atoms with Crippen LogP contribution < -0.4 is 0 Å². The first-order valence-corrected chi connectivity index (χ1v) is 5.59. The van der Waals surface area contributed by atoms with Crippen LogP contribution in [0.15, 0.2) is 12.2 Å². The second kappa shape index (κ2) is 5.42. The molecule has 0 aliphatic rings. The Balaban J connectivity index is 3.69. The maximum Gasteiger partial charge on any atom is 0.188 e. The highest BCUT2D eigenvalue weighted by atomic mass is 19.1. The third-order valence-corrected chi connectivity index (χ3v) is 3.09. The van der Waals surface area contributed by atoms with Crippen LogP contribution in [-0.2, 0) is 13.2 Å². The van der Waals surface area contributed by atoms with Crippen molar-refractivity contribution in [3.05, 3.63) is 45.8 Å². The van der Waals surface area contributed by atoms with Crippen molar-refractivity contribution < 1.29 is 19.4 Å². The Labute approximate surface area is 106 Å². The van der Waals surface area contributed by atoms with Crippen LogP contribution in [0.2, 0.25) is 0 Å². The minimum absolute atomic E-state index is 0.0470. The fraction of sp³-hybridized carbons (Fsp3) is 0.357. The number of halogens is 1. The average molecular weight is 252 g/mol. The lowest BCUT2D eigenvalue weighted by atomic mass is 9.89. The van der Waals surface area contributed by atoms with E-state index in [0.717, 1.165) is 0 Å². The third-order valence-electron chi connectivity index (χ3n) is 3.09. The summed E-state index contributed by atoms with van der Waals surface area (Å²) in [5, 5.41) is 18.4. The monoisotopic (exact) mass is 252 g/mol. The van der Waals surface area contributed by atoms with Crippen LogP contribution in [0.5, 0.6) is 0 Å². The van der Waals surface area contributed by atoms with Crippen LogP contribution in [0.1, 0.15) is 39.5 Å². The number of rotatable bonds is 4. The van der Waals surface area contributed by atoms with Gasteiger partial charge in [-0.3, -0.25) is 4.79 Å². The summed E-state index contributed by atoms with van der Waals surface area (Å²) in [5.41, 5.74) is 1.52. The lowest BCUT2D eigenvalue weighted by Gasteiger charge is -2.17. The molecule has 18 heavy (non-hydrogen) atoms. The molecule has 2 N–H and O–H groups in total. The topological polar surface area (TPSA) is 57.5 Å². The van der Waals surface area contributed by atoms with Crippen molar-refractivity contribution in [1.29, 1.82) is 0 Å². The first kappa shape index (κ1) is 14.5. The molecule has 98 valence electrons. The van der Waals surface area contributed by atoms with E-state index in [1.54, 1.807) is 13.8 Å². The van der Waals surface area contributed by atoms with Gasteiger partial charge in [0.25, 0.3) is 0 Å². The van der Waals surface area contributed by atoms with E-state index in [9.17, 15) is 14.3 Å². The minimum Gasteiger partial charge on any atom is -0.392 e. The van der Waals surface area contributed by atoms with Crippen molar-refractivity contribution in [3.8, 4) is 0 Å². The van der Waals surface area contributed by atoms with Gasteiger partial charge in [-0.15, -0.1) is 0 Å². The number of ketones is 1. The lowest BCUT2D eigenvalue weighted by molar-refractivity contribution is 0.103. The number of allylic oxidation sites excluding steroid dienone is 1. The van der Waals surface area contributed by atoms with E-state index < -0.39 is 19.0 Å². The molecule has 0 heterocycles. The van der Waals surface area contributed by atoms with Crippen LogP contribution in [0.4, 0.5) is 4.39 Å². The summed E-state index contributed by atoms with van der Waals surface area (Å²) in [5.74, 6) is -0.986. The van der Waals surface area contributed by atoms with Crippen LogP contribution in [0, 0.1) is 19.7 Å². The second-order valence-corrected chi connectivity index (χ2v) is 4.32. The van der Waals surface area contributed by atoms with Gasteiger partial charge in [0.15, 0.2) is 5.78 Å². The van der Waals surface area contributed by atoms with Crippen LogP contribution in [0.25, 0.3) is 0 Å². The second-order valence-electron chi connectivity index (χ2n) is 4.32. The van der Waals surface area contributed by atoms with E-state index in [1.807, 2.05) is 0 Å². The van der Waals surface area contributed by atoms with Crippen molar-refractivity contribution in [1.82, 2.24) is 0 Å². The Morgan fingerprint density at radius 3 is 2.06 bits per heavy atom. The summed E-state index contributed by atoms with van der Waals surface area (Å²) in [7, 11) is 0. The molecule has 0 aromatic heterocycles. The zero-order valence-electron chi connectivity index (χ0n) is 10.8. The van der Waals surface area contributed by atoms with Gasteiger partial charge < -0.3 is 10.2 Å². The quantitative estimate of drug-likeness (QED) is 0.638. The van der Waals surface area contributed by atoms with E-state index >= 15 is 0 Å². The molecule has 3 nitrogen and oxygen atoms in total. The zero-order valence-corrected chi connectivity index (χ0v) is 10.8. The third kappa shape index (κ3) is 2.21. The number of carbonyl (C=O) groups excluding carboxylic acids is 1. The van der Waals surface area contributed by atoms with Crippen molar-refractivity contribution >= 4 is 5.78 Å². The standard InChI is InChI=1S/C14H17FO3/c1-7(2)14(18)12-8(3)10(5-16)11(6-17)13(15)9(12)4/h16-17H,1,5-6H2,2-4H3. The Hall–Kier alpha value is -1.52. The predicted octanol–water partition coefficient (Wildman–Crippen LogP) is 2.19. The summed E-state index contributed by atoms with van der Waals surface area (Å²) >= 11 is 0. The van der Waals surface area contributed by atoms with E-state index in [-0.39, 0.29) is 28.0 Å². The molecule has 0 fully saturated rings. The van der Waals surface area contributed by atoms with Crippen molar-refractivity contribution in [2.45, 2.75) is 34.0 Å². The van der Waals surface area contributed by atoms with E-state index in [0.29, 0.717) is 11.1 Å². The molecule has 0 saturated heterocycles. The van der Waals surface area contributed by atoms with E-state index in [4.69, 9.17) is 5.11 Å². The summed E-state index contributed by atoms with van der Waals surface area (Å²) < 4.78 is 14.1. The van der Waals surface area contributed by atoms with Crippen molar-refractivity contribution in [2.75, 3.05) is 0 Å². The number of hydrogen-bond donors (Lipinski definition) is 2. The zero-order chi connectivity index (χ0) is 14.0. The molecular weight excluding hydrogens is 235 g/mol. The maximum absolute atomic E-state index is 14.1. The molecule has 0 aliphatic carbocycles. The summed E-state index contributed by atoms with van der Waals surface area (Å²) in [6.45, 7) is 7.30. The van der Waals surface area contributed by atoms with Gasteiger partial charge in [-0.05, 0) is 43.0 Å². The smallest absolute Gasteiger partial charge is 0.188 e. The first-order chi connectivity index (χ1) is 8.36. The number of benzene rings is 1. The van der Waals surface area contributed by atoms with Gasteiger partial charge in [-0.1, -0.05) is 6.58 Å². The van der Waals surface area contributed by atoms with Crippen molar-refractivity contribution in [2.24, 2.45) is 0 Å². The van der Waals surface area contributed by atoms with E-state index in [1.165, 1.54) is 6.92 Å². The number of aliphatic hydroxyl groups excluding tert-OH is 2. The highest BCUT2D eigenvalue weighted by Gasteiger charge is 2.22. The molecule has 0 unspecified atom stereocenters. The number of carbonyl (C=O) groups is 1. The van der Waals surface area contributed by atoms with Gasteiger partial charge in [0, 0.05) is 11.1 Å². The van der Waals surface area contributed by atoms with Gasteiger partial charge in [0.1, 0.15) is 5.82 Å². The Morgan fingerprint density at radius 1 is 1.17 bits per heavy atom. The van der Waals surface area contributed by atoms with Gasteiger partial charge in [0.2, 0.25) is 0 Å².